The number of aromatic nitrogens is 2. The molecule has 1 aromatic heterocycles. The van der Waals surface area contributed by atoms with Crippen LogP contribution in [0.5, 0.6) is 0 Å². The van der Waals surface area contributed by atoms with Gasteiger partial charge in [-0.25, -0.2) is 4.98 Å². The molecular weight excluding hydrogens is 192 g/mol. The van der Waals surface area contributed by atoms with Crippen LogP contribution >= 0.6 is 0 Å². The van der Waals surface area contributed by atoms with E-state index in [-0.39, 0.29) is 6.10 Å². The number of methoxy groups -OCH3 is 1. The van der Waals surface area contributed by atoms with Gasteiger partial charge in [-0.1, -0.05) is 0 Å². The summed E-state index contributed by atoms with van der Waals surface area (Å²) in [6.07, 6.45) is 3.63. The molecule has 1 aromatic rings. The van der Waals surface area contributed by atoms with E-state index in [0.717, 1.165) is 24.6 Å². The van der Waals surface area contributed by atoms with Gasteiger partial charge in [-0.15, -0.1) is 0 Å². The number of hydrogen-bond donors (Lipinski definition) is 2. The fourth-order valence-corrected chi connectivity index (χ4v) is 1.09. The fourth-order valence-electron chi connectivity index (χ4n) is 1.09. The third kappa shape index (κ3) is 4.22. The van der Waals surface area contributed by atoms with Crippen LogP contribution in [0.15, 0.2) is 12.4 Å². The van der Waals surface area contributed by atoms with Crippen LogP contribution in [0.2, 0.25) is 0 Å². The molecular formula is C10H18N4O. The van der Waals surface area contributed by atoms with E-state index in [4.69, 9.17) is 4.74 Å². The molecule has 1 rings (SSSR count). The van der Waals surface area contributed by atoms with Gasteiger partial charge in [0.25, 0.3) is 0 Å². The maximum absolute atomic E-state index is 5.13. The van der Waals surface area contributed by atoms with Crippen molar-refractivity contribution in [3.8, 4) is 0 Å². The second-order valence-corrected chi connectivity index (χ2v) is 3.35. The van der Waals surface area contributed by atoms with Crippen molar-refractivity contribution in [3.05, 3.63) is 18.1 Å². The number of nitrogens with zero attached hydrogens (tertiary/aromatic N) is 2. The smallest absolute Gasteiger partial charge is 0.144 e. The lowest BCUT2D eigenvalue weighted by Gasteiger charge is -2.11. The molecule has 0 saturated heterocycles. The largest absolute Gasteiger partial charge is 0.380 e. The Morgan fingerprint density at radius 3 is 2.93 bits per heavy atom. The van der Waals surface area contributed by atoms with E-state index in [0.29, 0.717) is 0 Å². The molecule has 0 fully saturated rings. The van der Waals surface area contributed by atoms with E-state index >= 15 is 0 Å². The first-order valence-corrected chi connectivity index (χ1v) is 4.98. The number of rotatable bonds is 6. The monoisotopic (exact) mass is 210 g/mol. The first kappa shape index (κ1) is 11.9. The van der Waals surface area contributed by atoms with Crippen LogP contribution < -0.4 is 10.6 Å². The van der Waals surface area contributed by atoms with Crippen molar-refractivity contribution in [2.75, 3.05) is 26.0 Å². The molecule has 5 heteroatoms. The third-order valence-corrected chi connectivity index (χ3v) is 2.02. The van der Waals surface area contributed by atoms with E-state index in [1.807, 2.05) is 14.0 Å². The summed E-state index contributed by atoms with van der Waals surface area (Å²) < 4.78 is 5.13. The summed E-state index contributed by atoms with van der Waals surface area (Å²) in [6.45, 7) is 3.45. The van der Waals surface area contributed by atoms with Crippen LogP contribution in [0.3, 0.4) is 0 Å². The average molecular weight is 210 g/mol. The molecule has 0 spiro atoms. The first-order chi connectivity index (χ1) is 7.26. The van der Waals surface area contributed by atoms with Crippen LogP contribution in [0.25, 0.3) is 0 Å². The Hall–Kier alpha value is -1.20. The SMILES string of the molecule is CNCc1cncc(NCC(C)OC)n1. The molecule has 0 bridgehead atoms. The van der Waals surface area contributed by atoms with Crippen molar-refractivity contribution >= 4 is 5.82 Å². The van der Waals surface area contributed by atoms with E-state index < -0.39 is 0 Å². The minimum absolute atomic E-state index is 0.166. The molecule has 0 aliphatic carbocycles. The van der Waals surface area contributed by atoms with E-state index in [1.165, 1.54) is 0 Å². The Kier molecular flexibility index (Phi) is 5.00. The van der Waals surface area contributed by atoms with E-state index in [2.05, 4.69) is 20.6 Å². The molecule has 1 atom stereocenters. The lowest BCUT2D eigenvalue weighted by Crippen LogP contribution is -2.19. The average Bonchev–Trinajstić information content (AvgIpc) is 2.27. The topological polar surface area (TPSA) is 59.1 Å². The van der Waals surface area contributed by atoms with Gasteiger partial charge in [0.05, 0.1) is 18.0 Å². The molecule has 15 heavy (non-hydrogen) atoms. The summed E-state index contributed by atoms with van der Waals surface area (Å²) in [5, 5.41) is 6.20. The fraction of sp³-hybridized carbons (Fsp3) is 0.600. The van der Waals surface area contributed by atoms with Gasteiger partial charge >= 0.3 is 0 Å². The van der Waals surface area contributed by atoms with Crippen LogP contribution in [0.1, 0.15) is 12.6 Å². The lowest BCUT2D eigenvalue weighted by molar-refractivity contribution is 0.128. The van der Waals surface area contributed by atoms with Gasteiger partial charge in [-0.05, 0) is 14.0 Å². The minimum atomic E-state index is 0.166. The number of ether oxygens (including phenoxy) is 1. The predicted octanol–water partition coefficient (Wildman–Crippen LogP) is 0.643. The molecule has 1 heterocycles. The highest BCUT2D eigenvalue weighted by Gasteiger charge is 2.01. The second-order valence-electron chi connectivity index (χ2n) is 3.35. The predicted molar refractivity (Wildman–Crippen MR) is 59.8 cm³/mol. The van der Waals surface area contributed by atoms with E-state index in [9.17, 15) is 0 Å². The van der Waals surface area contributed by atoms with Crippen molar-refractivity contribution in [2.24, 2.45) is 0 Å². The lowest BCUT2D eigenvalue weighted by atomic mass is 10.4. The van der Waals surface area contributed by atoms with Gasteiger partial charge in [0.2, 0.25) is 0 Å². The van der Waals surface area contributed by atoms with Gasteiger partial charge < -0.3 is 15.4 Å². The maximum atomic E-state index is 5.13. The standard InChI is InChI=1S/C10H18N4O/c1-8(15-3)4-13-10-7-12-6-9(14-10)5-11-2/h6-8,11H,4-5H2,1-3H3,(H,13,14). The Bertz CT molecular complexity index is 293. The van der Waals surface area contributed by atoms with Crippen molar-refractivity contribution < 1.29 is 4.74 Å². The van der Waals surface area contributed by atoms with Gasteiger partial charge in [0.15, 0.2) is 0 Å². The van der Waals surface area contributed by atoms with Crippen LogP contribution in [0.4, 0.5) is 5.82 Å². The van der Waals surface area contributed by atoms with Crippen LogP contribution in [-0.2, 0) is 11.3 Å². The summed E-state index contributed by atoms with van der Waals surface area (Å²) in [5.41, 5.74) is 0.924. The molecule has 2 N–H and O–H groups in total. The van der Waals surface area contributed by atoms with Crippen LogP contribution in [0, 0.1) is 0 Å². The summed E-state index contributed by atoms with van der Waals surface area (Å²) in [7, 11) is 3.57. The molecule has 0 aromatic carbocycles. The number of nitrogens with one attached hydrogen (secondary N) is 2. The second kappa shape index (κ2) is 6.31. The van der Waals surface area contributed by atoms with Crippen molar-refractivity contribution in [1.29, 1.82) is 0 Å². The molecule has 0 amide bonds. The zero-order valence-corrected chi connectivity index (χ0v) is 9.45. The molecule has 0 aliphatic heterocycles. The zero-order chi connectivity index (χ0) is 11.1. The normalized spacial score (nSPS) is 12.5. The van der Waals surface area contributed by atoms with Gasteiger partial charge in [-0.3, -0.25) is 4.98 Å². The Balaban J connectivity index is 2.50. The Labute approximate surface area is 90.3 Å². The zero-order valence-electron chi connectivity index (χ0n) is 9.45. The minimum Gasteiger partial charge on any atom is -0.380 e. The molecule has 1 unspecified atom stereocenters. The van der Waals surface area contributed by atoms with Crippen molar-refractivity contribution in [3.63, 3.8) is 0 Å². The molecule has 0 aliphatic rings. The molecule has 0 saturated carbocycles. The van der Waals surface area contributed by atoms with E-state index in [1.54, 1.807) is 19.5 Å². The summed E-state index contributed by atoms with van der Waals surface area (Å²) in [5.74, 6) is 0.784. The number of anilines is 1. The van der Waals surface area contributed by atoms with Crippen molar-refractivity contribution in [2.45, 2.75) is 19.6 Å². The maximum Gasteiger partial charge on any atom is 0.144 e. The summed E-state index contributed by atoms with van der Waals surface area (Å²) >= 11 is 0. The van der Waals surface area contributed by atoms with Crippen molar-refractivity contribution in [1.82, 2.24) is 15.3 Å². The number of hydrogen-bond acceptors (Lipinski definition) is 5. The highest BCUT2D eigenvalue weighted by atomic mass is 16.5. The quantitative estimate of drug-likeness (QED) is 0.721. The molecule has 5 nitrogen and oxygen atoms in total. The summed E-state index contributed by atoms with van der Waals surface area (Å²) in [4.78, 5) is 8.48. The van der Waals surface area contributed by atoms with Gasteiger partial charge in [0, 0.05) is 26.4 Å². The Morgan fingerprint density at radius 1 is 1.47 bits per heavy atom. The Morgan fingerprint density at radius 2 is 2.27 bits per heavy atom. The molecule has 0 radical (unpaired) electrons. The van der Waals surface area contributed by atoms with Gasteiger partial charge in [-0.2, -0.15) is 0 Å². The molecule has 84 valence electrons. The first-order valence-electron chi connectivity index (χ1n) is 4.98. The summed E-state index contributed by atoms with van der Waals surface area (Å²) in [6, 6.07) is 0. The third-order valence-electron chi connectivity index (χ3n) is 2.02. The van der Waals surface area contributed by atoms with Crippen LogP contribution in [-0.4, -0.2) is 36.8 Å². The highest BCUT2D eigenvalue weighted by molar-refractivity contribution is 5.31. The van der Waals surface area contributed by atoms with Gasteiger partial charge in [0.1, 0.15) is 5.82 Å². The highest BCUT2D eigenvalue weighted by Crippen LogP contribution is 2.02.